The van der Waals surface area contributed by atoms with Crippen LogP contribution in [-0.4, -0.2) is 39.3 Å². The van der Waals surface area contributed by atoms with Crippen LogP contribution in [0.25, 0.3) is 0 Å². The number of hydrogen-bond donors (Lipinski definition) is 0. The van der Waals surface area contributed by atoms with Crippen molar-refractivity contribution in [3.05, 3.63) is 10.6 Å². The van der Waals surface area contributed by atoms with Crippen molar-refractivity contribution in [1.82, 2.24) is 14.5 Å². The van der Waals surface area contributed by atoms with Gasteiger partial charge >= 0.3 is 0 Å². The number of piperidine rings is 1. The molecule has 0 saturated carbocycles. The van der Waals surface area contributed by atoms with E-state index in [1.165, 1.54) is 0 Å². The van der Waals surface area contributed by atoms with Gasteiger partial charge in [-0.15, -0.1) is 5.10 Å². The third-order valence-corrected chi connectivity index (χ3v) is 3.53. The molecule has 5 nitrogen and oxygen atoms in total. The molecule has 1 aromatic heterocycles. The van der Waals surface area contributed by atoms with Gasteiger partial charge in [-0.25, -0.2) is 0 Å². The number of aromatic nitrogens is 2. The van der Waals surface area contributed by atoms with E-state index in [4.69, 9.17) is 0 Å². The Morgan fingerprint density at radius 1 is 1.53 bits per heavy atom. The van der Waals surface area contributed by atoms with Crippen LogP contribution in [0.2, 0.25) is 0 Å². The van der Waals surface area contributed by atoms with Crippen LogP contribution in [0.1, 0.15) is 41.6 Å². The highest BCUT2D eigenvalue weighted by Crippen LogP contribution is 2.17. The Labute approximate surface area is 104 Å². The summed E-state index contributed by atoms with van der Waals surface area (Å²) in [6.45, 7) is 2.94. The maximum atomic E-state index is 12.2. The Morgan fingerprint density at radius 3 is 3.06 bits per heavy atom. The maximum absolute atomic E-state index is 12.2. The molecule has 1 amide bonds. The van der Waals surface area contributed by atoms with Crippen molar-refractivity contribution < 1.29 is 9.59 Å². The molecule has 1 saturated heterocycles. The first-order valence-electron chi connectivity index (χ1n) is 5.84. The summed E-state index contributed by atoms with van der Waals surface area (Å²) in [6, 6.07) is 0. The van der Waals surface area contributed by atoms with E-state index >= 15 is 0 Å². The van der Waals surface area contributed by atoms with Crippen molar-refractivity contribution in [3.63, 3.8) is 0 Å². The largest absolute Gasteiger partial charge is 0.331 e. The number of hydrogen-bond acceptors (Lipinski definition) is 5. The summed E-state index contributed by atoms with van der Waals surface area (Å²) in [5.41, 5.74) is 0.764. The first-order valence-corrected chi connectivity index (χ1v) is 6.62. The van der Waals surface area contributed by atoms with E-state index in [1.807, 2.05) is 6.92 Å². The topological polar surface area (TPSA) is 63.2 Å². The Morgan fingerprint density at radius 2 is 2.35 bits per heavy atom. The van der Waals surface area contributed by atoms with Crippen molar-refractivity contribution in [2.45, 2.75) is 32.6 Å². The minimum absolute atomic E-state index is 0.0866. The Balaban J connectivity index is 2.12. The maximum Gasteiger partial charge on any atom is 0.267 e. The SMILES string of the molecule is CCCc1nnsc1C(=O)N1CCCC(=O)C1. The van der Waals surface area contributed by atoms with Gasteiger partial charge in [-0.2, -0.15) is 0 Å². The van der Waals surface area contributed by atoms with Crippen LogP contribution in [0.15, 0.2) is 0 Å². The number of carbonyl (C=O) groups is 2. The van der Waals surface area contributed by atoms with Crippen molar-refractivity contribution in [1.29, 1.82) is 0 Å². The minimum Gasteiger partial charge on any atom is -0.331 e. The molecule has 17 heavy (non-hydrogen) atoms. The molecule has 1 fully saturated rings. The monoisotopic (exact) mass is 253 g/mol. The molecule has 1 aliphatic rings. The molecule has 6 heteroatoms. The highest BCUT2D eigenvalue weighted by molar-refractivity contribution is 7.08. The third-order valence-electron chi connectivity index (χ3n) is 2.77. The summed E-state index contributed by atoms with van der Waals surface area (Å²) < 4.78 is 3.83. The lowest BCUT2D eigenvalue weighted by molar-refractivity contribution is -0.121. The van der Waals surface area contributed by atoms with E-state index in [2.05, 4.69) is 9.59 Å². The van der Waals surface area contributed by atoms with E-state index in [9.17, 15) is 9.59 Å². The number of Topliss-reactive ketones (excluding diaryl/α,β-unsaturated/α-hetero) is 1. The number of nitrogens with zero attached hydrogens (tertiary/aromatic N) is 3. The standard InChI is InChI=1S/C11H15N3O2S/c1-2-4-9-10(17-13-12-9)11(16)14-6-3-5-8(15)7-14/h2-7H2,1H3. The Hall–Kier alpha value is -1.30. The third kappa shape index (κ3) is 2.69. The van der Waals surface area contributed by atoms with Gasteiger partial charge in [0.1, 0.15) is 4.88 Å². The summed E-state index contributed by atoms with van der Waals surface area (Å²) >= 11 is 1.13. The molecule has 0 unspecified atom stereocenters. The highest BCUT2D eigenvalue weighted by Gasteiger charge is 2.26. The van der Waals surface area contributed by atoms with Gasteiger partial charge in [0.05, 0.1) is 12.2 Å². The summed E-state index contributed by atoms with van der Waals surface area (Å²) in [7, 11) is 0. The lowest BCUT2D eigenvalue weighted by atomic mass is 10.1. The van der Waals surface area contributed by atoms with Crippen molar-refractivity contribution >= 4 is 23.2 Å². The predicted octanol–water partition coefficient (Wildman–Crippen LogP) is 1.30. The average molecular weight is 253 g/mol. The predicted molar refractivity (Wildman–Crippen MR) is 64.0 cm³/mol. The fourth-order valence-corrected chi connectivity index (χ4v) is 2.60. The molecule has 0 aromatic carbocycles. The van der Waals surface area contributed by atoms with Crippen LogP contribution >= 0.6 is 11.5 Å². The van der Waals surface area contributed by atoms with E-state index in [1.54, 1.807) is 4.90 Å². The highest BCUT2D eigenvalue weighted by atomic mass is 32.1. The molecule has 1 aliphatic heterocycles. The molecule has 0 aliphatic carbocycles. The number of likely N-dealkylation sites (tertiary alicyclic amines) is 1. The summed E-state index contributed by atoms with van der Waals surface area (Å²) in [5.74, 6) is 0.0515. The summed E-state index contributed by atoms with van der Waals surface area (Å²) in [4.78, 5) is 25.8. The molecule has 1 aromatic rings. The lowest BCUT2D eigenvalue weighted by Gasteiger charge is -2.25. The molecule has 2 rings (SSSR count). The second kappa shape index (κ2) is 5.35. The summed E-state index contributed by atoms with van der Waals surface area (Å²) in [6.07, 6.45) is 3.05. The summed E-state index contributed by atoms with van der Waals surface area (Å²) in [5, 5.41) is 3.98. The number of carbonyl (C=O) groups excluding carboxylic acids is 2. The van der Waals surface area contributed by atoms with Gasteiger partial charge in [0.2, 0.25) is 0 Å². The second-order valence-corrected chi connectivity index (χ2v) is 4.92. The molecule has 0 atom stereocenters. The van der Waals surface area contributed by atoms with Gasteiger partial charge in [-0.05, 0) is 24.4 Å². The van der Waals surface area contributed by atoms with Crippen LogP contribution in [0, 0.1) is 0 Å². The van der Waals surface area contributed by atoms with Crippen LogP contribution in [0.3, 0.4) is 0 Å². The first-order chi connectivity index (χ1) is 8.22. The smallest absolute Gasteiger partial charge is 0.267 e. The molecule has 0 radical (unpaired) electrons. The van der Waals surface area contributed by atoms with Gasteiger partial charge in [0, 0.05) is 13.0 Å². The van der Waals surface area contributed by atoms with E-state index in [-0.39, 0.29) is 18.2 Å². The molecular formula is C11H15N3O2S. The Kier molecular flexibility index (Phi) is 3.83. The number of ketones is 1. The van der Waals surface area contributed by atoms with Gasteiger partial charge in [-0.3, -0.25) is 9.59 Å². The molecule has 0 bridgehead atoms. The van der Waals surface area contributed by atoms with Crippen molar-refractivity contribution in [2.75, 3.05) is 13.1 Å². The van der Waals surface area contributed by atoms with E-state index in [0.29, 0.717) is 17.8 Å². The zero-order valence-corrected chi connectivity index (χ0v) is 10.6. The molecule has 0 N–H and O–H groups in total. The van der Waals surface area contributed by atoms with Crippen molar-refractivity contribution in [3.8, 4) is 0 Å². The molecular weight excluding hydrogens is 238 g/mol. The number of amides is 1. The zero-order valence-electron chi connectivity index (χ0n) is 9.81. The quantitative estimate of drug-likeness (QED) is 0.814. The van der Waals surface area contributed by atoms with Gasteiger partial charge in [0.15, 0.2) is 5.78 Å². The number of aryl methyl sites for hydroxylation is 1. The minimum atomic E-state index is -0.0866. The fourth-order valence-electron chi connectivity index (χ4n) is 1.93. The first kappa shape index (κ1) is 12.2. The van der Waals surface area contributed by atoms with Gasteiger partial charge in [0.25, 0.3) is 5.91 Å². The van der Waals surface area contributed by atoms with Crippen molar-refractivity contribution in [2.24, 2.45) is 0 Å². The van der Waals surface area contributed by atoms with Crippen LogP contribution in [0.5, 0.6) is 0 Å². The Bertz CT molecular complexity index is 430. The molecule has 92 valence electrons. The molecule has 0 spiro atoms. The normalized spacial score (nSPS) is 16.3. The zero-order chi connectivity index (χ0) is 12.3. The van der Waals surface area contributed by atoms with Gasteiger partial charge < -0.3 is 4.90 Å². The van der Waals surface area contributed by atoms with E-state index in [0.717, 1.165) is 36.5 Å². The fraction of sp³-hybridized carbons (Fsp3) is 0.636. The second-order valence-electron chi connectivity index (χ2n) is 4.17. The lowest BCUT2D eigenvalue weighted by Crippen LogP contribution is -2.40. The molecule has 2 heterocycles. The van der Waals surface area contributed by atoms with Crippen LogP contribution in [-0.2, 0) is 11.2 Å². The average Bonchev–Trinajstić information content (AvgIpc) is 2.77. The van der Waals surface area contributed by atoms with Crippen LogP contribution < -0.4 is 0 Å². The van der Waals surface area contributed by atoms with E-state index < -0.39 is 0 Å². The van der Waals surface area contributed by atoms with Gasteiger partial charge in [-0.1, -0.05) is 17.8 Å². The van der Waals surface area contributed by atoms with Crippen LogP contribution in [0.4, 0.5) is 0 Å². The number of rotatable bonds is 3.